The molecule has 0 spiro atoms. The monoisotopic (exact) mass is 343 g/mol. The number of rotatable bonds is 6. The van der Waals surface area contributed by atoms with Gasteiger partial charge in [-0.2, -0.15) is 0 Å². The zero-order valence-corrected chi connectivity index (χ0v) is 15.1. The van der Waals surface area contributed by atoms with Crippen molar-refractivity contribution < 1.29 is 9.59 Å². The molecule has 2 rings (SSSR count). The summed E-state index contributed by atoms with van der Waals surface area (Å²) in [5, 5.41) is 0.651. The van der Waals surface area contributed by atoms with Gasteiger partial charge in [-0.3, -0.25) is 9.59 Å². The van der Waals surface area contributed by atoms with Gasteiger partial charge < -0.3 is 4.90 Å². The molecule has 0 atom stereocenters. The molecule has 0 aliphatic carbocycles. The van der Waals surface area contributed by atoms with Gasteiger partial charge in [0.2, 0.25) is 5.91 Å². The van der Waals surface area contributed by atoms with E-state index in [1.165, 1.54) is 0 Å². The Balaban J connectivity index is 1.89. The number of nitrogens with zero attached hydrogens (tertiary/aromatic N) is 1. The van der Waals surface area contributed by atoms with Crippen LogP contribution in [0.4, 0.5) is 0 Å². The van der Waals surface area contributed by atoms with Crippen LogP contribution in [0.2, 0.25) is 5.02 Å². The maximum absolute atomic E-state index is 12.3. The fourth-order valence-electron chi connectivity index (χ4n) is 2.47. The molecular weight excluding hydrogens is 322 g/mol. The first-order chi connectivity index (χ1) is 11.4. The van der Waals surface area contributed by atoms with Crippen molar-refractivity contribution in [3.63, 3.8) is 0 Å². The van der Waals surface area contributed by atoms with Crippen LogP contribution >= 0.6 is 11.6 Å². The quantitative estimate of drug-likeness (QED) is 0.720. The molecule has 1 amide bonds. The van der Waals surface area contributed by atoms with Crippen LogP contribution in [0, 0.1) is 13.8 Å². The summed E-state index contributed by atoms with van der Waals surface area (Å²) in [6.07, 6.45) is 0.435. The third-order valence-corrected chi connectivity index (χ3v) is 4.36. The predicted octanol–water partition coefficient (Wildman–Crippen LogP) is 4.58. The zero-order chi connectivity index (χ0) is 17.7. The van der Waals surface area contributed by atoms with Crippen molar-refractivity contribution in [3.05, 3.63) is 69.7 Å². The molecule has 126 valence electrons. The lowest BCUT2D eigenvalue weighted by molar-refractivity contribution is -0.130. The number of halogens is 1. The van der Waals surface area contributed by atoms with Gasteiger partial charge in [-0.05, 0) is 48.7 Å². The highest BCUT2D eigenvalue weighted by atomic mass is 35.5. The van der Waals surface area contributed by atoms with Crippen molar-refractivity contribution in [2.45, 2.75) is 33.2 Å². The summed E-state index contributed by atoms with van der Waals surface area (Å²) in [6.45, 7) is 4.48. The number of carbonyl (C=O) groups is 2. The smallest absolute Gasteiger partial charge is 0.223 e. The van der Waals surface area contributed by atoms with Crippen molar-refractivity contribution >= 4 is 23.3 Å². The van der Waals surface area contributed by atoms with Crippen LogP contribution in [-0.2, 0) is 11.3 Å². The summed E-state index contributed by atoms with van der Waals surface area (Å²) in [7, 11) is 1.74. The minimum atomic E-state index is -0.0489. The van der Waals surface area contributed by atoms with E-state index in [1.807, 2.05) is 50.2 Å². The van der Waals surface area contributed by atoms with Gasteiger partial charge in [0.25, 0.3) is 0 Å². The number of hydrogen-bond acceptors (Lipinski definition) is 2. The van der Waals surface area contributed by atoms with Gasteiger partial charge in [0.1, 0.15) is 0 Å². The third-order valence-electron chi connectivity index (χ3n) is 4.13. The lowest BCUT2D eigenvalue weighted by Gasteiger charge is -2.17. The molecule has 2 aromatic carbocycles. The van der Waals surface area contributed by atoms with Crippen molar-refractivity contribution in [1.29, 1.82) is 0 Å². The summed E-state index contributed by atoms with van der Waals surface area (Å²) >= 11 is 5.95. The fourth-order valence-corrected chi connectivity index (χ4v) is 2.68. The van der Waals surface area contributed by atoms with E-state index >= 15 is 0 Å². The Kier molecular flexibility index (Phi) is 6.16. The number of carbonyl (C=O) groups excluding carboxylic acids is 2. The summed E-state index contributed by atoms with van der Waals surface area (Å²) in [5.41, 5.74) is 3.89. The molecule has 24 heavy (non-hydrogen) atoms. The molecule has 2 aromatic rings. The summed E-state index contributed by atoms with van der Waals surface area (Å²) in [6, 6.07) is 13.1. The number of ketones is 1. The topological polar surface area (TPSA) is 37.4 Å². The van der Waals surface area contributed by atoms with E-state index in [0.717, 1.165) is 16.7 Å². The van der Waals surface area contributed by atoms with Crippen LogP contribution < -0.4 is 0 Å². The molecule has 0 aromatic heterocycles. The zero-order valence-electron chi connectivity index (χ0n) is 14.3. The van der Waals surface area contributed by atoms with Crippen LogP contribution in [0.3, 0.4) is 0 Å². The molecular formula is C20H22ClNO2. The standard InChI is InChI=1S/C20H22ClNO2/c1-14-7-8-17(11-15(14)2)19(23)9-10-20(24)22(3)13-16-5-4-6-18(21)12-16/h4-8,11-12H,9-10,13H2,1-3H3. The minimum absolute atomic E-state index is 0.00241. The predicted molar refractivity (Wildman–Crippen MR) is 97.4 cm³/mol. The SMILES string of the molecule is Cc1ccc(C(=O)CCC(=O)N(C)Cc2cccc(Cl)c2)cc1C. The van der Waals surface area contributed by atoms with Gasteiger partial charge in [0.15, 0.2) is 5.78 Å². The van der Waals surface area contributed by atoms with E-state index in [2.05, 4.69) is 0 Å². The first kappa shape index (κ1) is 18.2. The Bertz CT molecular complexity index is 755. The van der Waals surface area contributed by atoms with Crippen LogP contribution in [0.1, 0.15) is 39.9 Å². The van der Waals surface area contributed by atoms with Gasteiger partial charge in [-0.15, -0.1) is 0 Å². The minimum Gasteiger partial charge on any atom is -0.341 e. The summed E-state index contributed by atoms with van der Waals surface area (Å²) < 4.78 is 0. The maximum atomic E-state index is 12.3. The second-order valence-electron chi connectivity index (χ2n) is 6.10. The second-order valence-corrected chi connectivity index (χ2v) is 6.54. The van der Waals surface area contributed by atoms with Gasteiger partial charge in [-0.25, -0.2) is 0 Å². The van der Waals surface area contributed by atoms with Gasteiger partial charge in [0, 0.05) is 37.0 Å². The first-order valence-corrected chi connectivity index (χ1v) is 8.33. The number of hydrogen-bond donors (Lipinski definition) is 0. The van der Waals surface area contributed by atoms with Crippen LogP contribution in [0.15, 0.2) is 42.5 Å². The molecule has 0 N–H and O–H groups in total. The van der Waals surface area contributed by atoms with E-state index in [4.69, 9.17) is 11.6 Å². The Morgan fingerprint density at radius 1 is 1.00 bits per heavy atom. The molecule has 0 unspecified atom stereocenters. The second kappa shape index (κ2) is 8.11. The fraction of sp³-hybridized carbons (Fsp3) is 0.300. The molecule has 0 heterocycles. The molecule has 0 bridgehead atoms. The number of benzene rings is 2. The highest BCUT2D eigenvalue weighted by molar-refractivity contribution is 6.30. The first-order valence-electron chi connectivity index (χ1n) is 7.95. The van der Waals surface area contributed by atoms with Gasteiger partial charge in [0.05, 0.1) is 0 Å². The molecule has 0 aliphatic rings. The van der Waals surface area contributed by atoms with E-state index in [9.17, 15) is 9.59 Å². The molecule has 0 aliphatic heterocycles. The summed E-state index contributed by atoms with van der Waals surface area (Å²) in [4.78, 5) is 26.1. The van der Waals surface area contributed by atoms with Gasteiger partial charge in [-0.1, -0.05) is 35.9 Å². The van der Waals surface area contributed by atoms with Crippen molar-refractivity contribution in [2.75, 3.05) is 7.05 Å². The third kappa shape index (κ3) is 4.93. The highest BCUT2D eigenvalue weighted by Crippen LogP contribution is 2.15. The molecule has 4 heteroatoms. The molecule has 0 radical (unpaired) electrons. The van der Waals surface area contributed by atoms with Crippen LogP contribution in [-0.4, -0.2) is 23.6 Å². The van der Waals surface area contributed by atoms with E-state index in [1.54, 1.807) is 18.0 Å². The van der Waals surface area contributed by atoms with E-state index < -0.39 is 0 Å². The van der Waals surface area contributed by atoms with Crippen LogP contribution in [0.25, 0.3) is 0 Å². The van der Waals surface area contributed by atoms with Crippen LogP contribution in [0.5, 0.6) is 0 Å². The van der Waals surface area contributed by atoms with Crippen molar-refractivity contribution in [1.82, 2.24) is 4.90 Å². The number of aryl methyl sites for hydroxylation is 2. The average molecular weight is 344 g/mol. The highest BCUT2D eigenvalue weighted by Gasteiger charge is 2.13. The van der Waals surface area contributed by atoms with Crippen molar-refractivity contribution in [2.24, 2.45) is 0 Å². The van der Waals surface area contributed by atoms with Crippen molar-refractivity contribution in [3.8, 4) is 0 Å². The summed E-state index contributed by atoms with van der Waals surface area (Å²) in [5.74, 6) is -0.0465. The Labute approximate surface area is 148 Å². The normalized spacial score (nSPS) is 10.5. The number of amides is 1. The van der Waals surface area contributed by atoms with E-state index in [-0.39, 0.29) is 24.5 Å². The van der Waals surface area contributed by atoms with E-state index in [0.29, 0.717) is 17.1 Å². The maximum Gasteiger partial charge on any atom is 0.223 e. The average Bonchev–Trinajstić information content (AvgIpc) is 2.54. The van der Waals surface area contributed by atoms with Gasteiger partial charge >= 0.3 is 0 Å². The molecule has 0 saturated carbocycles. The molecule has 0 fully saturated rings. The molecule has 3 nitrogen and oxygen atoms in total. The Morgan fingerprint density at radius 2 is 1.75 bits per heavy atom. The lowest BCUT2D eigenvalue weighted by atomic mass is 10.0. The Morgan fingerprint density at radius 3 is 2.42 bits per heavy atom. The lowest BCUT2D eigenvalue weighted by Crippen LogP contribution is -2.26. The molecule has 0 saturated heterocycles. The largest absolute Gasteiger partial charge is 0.341 e. The number of Topliss-reactive ketones (excluding diaryl/α,β-unsaturated/α-hetero) is 1. The Hall–Kier alpha value is -2.13.